The molecule has 2 N–H and O–H groups in total. The maximum absolute atomic E-state index is 13.0. The van der Waals surface area contributed by atoms with Crippen molar-refractivity contribution in [2.75, 3.05) is 13.2 Å². The molecule has 0 saturated carbocycles. The van der Waals surface area contributed by atoms with Crippen LogP contribution < -0.4 is 5.73 Å². The van der Waals surface area contributed by atoms with Crippen molar-refractivity contribution in [1.29, 1.82) is 0 Å². The summed E-state index contributed by atoms with van der Waals surface area (Å²) in [5.74, 6) is -0.535. The van der Waals surface area contributed by atoms with E-state index in [2.05, 4.69) is 0 Å². The van der Waals surface area contributed by atoms with E-state index in [-0.39, 0.29) is 23.5 Å². The highest BCUT2D eigenvalue weighted by Gasteiger charge is 2.39. The zero-order chi connectivity index (χ0) is 17.2. The molecule has 2 atom stereocenters. The second kappa shape index (κ2) is 7.17. The molecule has 8 heteroatoms. The van der Waals surface area contributed by atoms with Gasteiger partial charge in [-0.15, -0.1) is 0 Å². The number of hydrogen-bond donors (Lipinski definition) is 1. The lowest BCUT2D eigenvalue weighted by Gasteiger charge is -2.29. The molecule has 0 radical (unpaired) electrons. The quantitative estimate of drug-likeness (QED) is 0.713. The van der Waals surface area contributed by atoms with Crippen LogP contribution in [0.4, 0.5) is 0 Å². The summed E-state index contributed by atoms with van der Waals surface area (Å²) in [5, 5.41) is 0.439. The van der Waals surface area contributed by atoms with Gasteiger partial charge in [0.15, 0.2) is 0 Å². The number of primary amides is 1. The minimum Gasteiger partial charge on any atom is -0.372 e. The van der Waals surface area contributed by atoms with E-state index in [4.69, 9.17) is 22.1 Å². The van der Waals surface area contributed by atoms with E-state index in [9.17, 15) is 13.2 Å². The zero-order valence-electron chi connectivity index (χ0n) is 13.1. The second-order valence-electron chi connectivity index (χ2n) is 6.03. The number of sulfonamides is 1. The van der Waals surface area contributed by atoms with Gasteiger partial charge in [0.2, 0.25) is 15.9 Å². The van der Waals surface area contributed by atoms with Gasteiger partial charge in [-0.3, -0.25) is 4.79 Å². The summed E-state index contributed by atoms with van der Waals surface area (Å²) >= 11 is 5.81. The first-order valence-corrected chi connectivity index (χ1v) is 9.22. The molecule has 1 amide bonds. The van der Waals surface area contributed by atoms with Gasteiger partial charge in [0.25, 0.3) is 0 Å². The van der Waals surface area contributed by atoms with Gasteiger partial charge in [0, 0.05) is 11.6 Å². The van der Waals surface area contributed by atoms with Gasteiger partial charge in [-0.25, -0.2) is 8.42 Å². The number of carbonyl (C=O) groups is 1. The Hall–Kier alpha value is -1.15. The average molecular weight is 361 g/mol. The third-order valence-electron chi connectivity index (χ3n) is 3.58. The lowest BCUT2D eigenvalue weighted by atomic mass is 10.0. The van der Waals surface area contributed by atoms with Crippen molar-refractivity contribution in [1.82, 2.24) is 4.31 Å². The fourth-order valence-electron chi connectivity index (χ4n) is 2.33. The van der Waals surface area contributed by atoms with Crippen molar-refractivity contribution in [3.63, 3.8) is 0 Å². The van der Waals surface area contributed by atoms with Crippen LogP contribution in [-0.2, 0) is 19.6 Å². The highest BCUT2D eigenvalue weighted by atomic mass is 35.5. The maximum atomic E-state index is 13.0. The molecule has 1 saturated heterocycles. The molecule has 1 aliphatic rings. The lowest BCUT2D eigenvalue weighted by Crippen LogP contribution is -2.49. The van der Waals surface area contributed by atoms with Gasteiger partial charge in [0.05, 0.1) is 17.6 Å². The van der Waals surface area contributed by atoms with Gasteiger partial charge < -0.3 is 10.5 Å². The van der Waals surface area contributed by atoms with Crippen LogP contribution in [-0.4, -0.2) is 43.9 Å². The molecule has 1 aliphatic heterocycles. The number of halogens is 1. The number of ether oxygens (including phenoxy) is 1. The highest BCUT2D eigenvalue weighted by Crippen LogP contribution is 2.26. The average Bonchev–Trinajstić information content (AvgIpc) is 3.26. The molecule has 0 aliphatic carbocycles. The topological polar surface area (TPSA) is 93.0 Å². The van der Waals surface area contributed by atoms with Gasteiger partial charge in [-0.2, -0.15) is 4.31 Å². The number of nitrogens with two attached hydrogens (primary N) is 1. The Morgan fingerprint density at radius 2 is 1.96 bits per heavy atom. The molecule has 0 aromatic heterocycles. The van der Waals surface area contributed by atoms with Crippen molar-refractivity contribution in [2.45, 2.75) is 37.3 Å². The number of carbonyl (C=O) groups excluding carboxylic acids is 1. The monoisotopic (exact) mass is 360 g/mol. The van der Waals surface area contributed by atoms with Crippen LogP contribution in [0.15, 0.2) is 29.2 Å². The number of epoxide rings is 1. The van der Waals surface area contributed by atoms with Crippen LogP contribution in [0.2, 0.25) is 5.02 Å². The Labute approximate surface area is 141 Å². The molecule has 0 spiro atoms. The molecule has 6 nitrogen and oxygen atoms in total. The molecule has 1 heterocycles. The van der Waals surface area contributed by atoms with Crippen LogP contribution >= 0.6 is 11.6 Å². The Kier molecular flexibility index (Phi) is 5.67. The Morgan fingerprint density at radius 1 is 1.39 bits per heavy atom. The lowest BCUT2D eigenvalue weighted by molar-refractivity contribution is -0.122. The van der Waals surface area contributed by atoms with Crippen LogP contribution in [0.3, 0.4) is 0 Å². The SMILES string of the molecule is CC(C)C[C@H](C(N)=O)N(C[C@@H]1CO1)S(=O)(=O)c1ccc(Cl)cc1. The Balaban J connectivity index is 2.38. The molecule has 128 valence electrons. The second-order valence-corrected chi connectivity index (χ2v) is 8.36. The third kappa shape index (κ3) is 4.67. The fourth-order valence-corrected chi connectivity index (χ4v) is 4.10. The van der Waals surface area contributed by atoms with E-state index >= 15 is 0 Å². The third-order valence-corrected chi connectivity index (χ3v) is 5.72. The van der Waals surface area contributed by atoms with E-state index in [1.807, 2.05) is 13.8 Å². The molecule has 1 aromatic carbocycles. The summed E-state index contributed by atoms with van der Waals surface area (Å²) < 4.78 is 32.2. The summed E-state index contributed by atoms with van der Waals surface area (Å²) in [5.41, 5.74) is 5.47. The molecule has 0 unspecified atom stereocenters. The molecule has 1 aromatic rings. The highest BCUT2D eigenvalue weighted by molar-refractivity contribution is 7.89. The van der Waals surface area contributed by atoms with E-state index < -0.39 is 22.0 Å². The number of amides is 1. The van der Waals surface area contributed by atoms with Gasteiger partial charge in [-0.1, -0.05) is 25.4 Å². The summed E-state index contributed by atoms with van der Waals surface area (Å²) in [7, 11) is -3.87. The van der Waals surface area contributed by atoms with E-state index in [1.165, 1.54) is 24.3 Å². The van der Waals surface area contributed by atoms with Crippen molar-refractivity contribution < 1.29 is 17.9 Å². The molecule has 1 fully saturated rings. The van der Waals surface area contributed by atoms with Crippen molar-refractivity contribution in [3.8, 4) is 0 Å². The fraction of sp³-hybridized carbons (Fsp3) is 0.533. The van der Waals surface area contributed by atoms with Gasteiger partial charge in [-0.05, 0) is 36.6 Å². The molecular weight excluding hydrogens is 340 g/mol. The molecule has 23 heavy (non-hydrogen) atoms. The predicted molar refractivity (Wildman–Crippen MR) is 87.5 cm³/mol. The first-order chi connectivity index (χ1) is 10.7. The Morgan fingerprint density at radius 3 is 2.39 bits per heavy atom. The summed E-state index contributed by atoms with van der Waals surface area (Å²) in [4.78, 5) is 11.9. The van der Waals surface area contributed by atoms with Crippen molar-refractivity contribution >= 4 is 27.5 Å². The number of nitrogens with zero attached hydrogens (tertiary/aromatic N) is 1. The van der Waals surface area contributed by atoms with Gasteiger partial charge >= 0.3 is 0 Å². The normalized spacial score (nSPS) is 19.1. The summed E-state index contributed by atoms with van der Waals surface area (Å²) in [6, 6.07) is 4.95. The first-order valence-electron chi connectivity index (χ1n) is 7.40. The van der Waals surface area contributed by atoms with E-state index in [1.54, 1.807) is 0 Å². The minimum absolute atomic E-state index is 0.0811. The molecule has 2 rings (SSSR count). The smallest absolute Gasteiger partial charge is 0.243 e. The van der Waals surface area contributed by atoms with E-state index in [0.717, 1.165) is 4.31 Å². The van der Waals surface area contributed by atoms with Crippen LogP contribution in [0.5, 0.6) is 0 Å². The number of rotatable bonds is 8. The van der Waals surface area contributed by atoms with Crippen molar-refractivity contribution in [3.05, 3.63) is 29.3 Å². The predicted octanol–water partition coefficient (Wildman–Crippen LogP) is 1.63. The first kappa shape index (κ1) is 18.2. The minimum atomic E-state index is -3.87. The van der Waals surface area contributed by atoms with E-state index in [0.29, 0.717) is 18.1 Å². The maximum Gasteiger partial charge on any atom is 0.243 e. The summed E-state index contributed by atoms with van der Waals surface area (Å²) in [6.07, 6.45) is 0.167. The Bertz CT molecular complexity index is 657. The van der Waals surface area contributed by atoms with Gasteiger partial charge in [0.1, 0.15) is 6.04 Å². The van der Waals surface area contributed by atoms with Crippen LogP contribution in [0.25, 0.3) is 0 Å². The number of hydrogen-bond acceptors (Lipinski definition) is 4. The molecule has 0 bridgehead atoms. The molecular formula is C15H21ClN2O4S. The standard InChI is InChI=1S/C15H21ClN2O4S/c1-10(2)7-14(15(17)19)18(8-12-9-22-12)23(20,21)13-5-3-11(16)4-6-13/h3-6,10,12,14H,7-9H2,1-2H3,(H2,17,19)/t12-,14-/m1/s1. The summed E-state index contributed by atoms with van der Waals surface area (Å²) in [6.45, 7) is 4.43. The number of benzene rings is 1. The van der Waals surface area contributed by atoms with Crippen molar-refractivity contribution in [2.24, 2.45) is 11.7 Å². The largest absolute Gasteiger partial charge is 0.372 e. The van der Waals surface area contributed by atoms with Crippen LogP contribution in [0, 0.1) is 5.92 Å². The van der Waals surface area contributed by atoms with Crippen LogP contribution in [0.1, 0.15) is 20.3 Å². The zero-order valence-corrected chi connectivity index (χ0v) is 14.7.